The topological polar surface area (TPSA) is 42.0 Å². The second kappa shape index (κ2) is 4.42. The second-order valence-corrected chi connectivity index (χ2v) is 3.17. The maximum absolute atomic E-state index is 10.9. The van der Waals surface area contributed by atoms with E-state index < -0.39 is 0 Å². The number of hydrogen-bond donors (Lipinski definition) is 1. The third-order valence-electron chi connectivity index (χ3n) is 1.83. The normalized spacial score (nSPS) is 12.7. The minimum Gasteiger partial charge on any atom is -0.324 e. The number of aryl methyl sites for hydroxylation is 1. The van der Waals surface area contributed by atoms with Gasteiger partial charge < -0.3 is 5.32 Å². The Morgan fingerprint density at radius 1 is 1.50 bits per heavy atom. The number of nitrogens with zero attached hydrogens (tertiary/aromatic N) is 1. The highest BCUT2D eigenvalue weighted by Crippen LogP contribution is 2.25. The van der Waals surface area contributed by atoms with E-state index in [1.165, 1.54) is 0 Å². The lowest BCUT2D eigenvalue weighted by Gasteiger charge is -2.00. The molecule has 0 aromatic carbocycles. The summed E-state index contributed by atoms with van der Waals surface area (Å²) in [5.74, 6) is -0.0147. The molecule has 4 heteroatoms. The molecular formula is C10H13ClN2O. The number of hydrogen-bond acceptors (Lipinski definition) is 2. The number of amides is 1. The summed E-state index contributed by atoms with van der Waals surface area (Å²) in [6.45, 7) is 5.86. The van der Waals surface area contributed by atoms with Crippen LogP contribution in [0.4, 0.5) is 5.69 Å². The Labute approximate surface area is 88.5 Å². The van der Waals surface area contributed by atoms with E-state index in [9.17, 15) is 4.79 Å². The summed E-state index contributed by atoms with van der Waals surface area (Å²) in [6, 6.07) is 1.84. The van der Waals surface area contributed by atoms with Gasteiger partial charge in [0.25, 0.3) is 0 Å². The van der Waals surface area contributed by atoms with Crippen molar-refractivity contribution in [3.8, 4) is 0 Å². The molecule has 1 N–H and O–H groups in total. The highest BCUT2D eigenvalue weighted by molar-refractivity contribution is 6.30. The molecule has 0 bridgehead atoms. The highest BCUT2D eigenvalue weighted by Gasteiger charge is 2.19. The molecule has 1 aliphatic rings. The van der Waals surface area contributed by atoms with E-state index in [0.29, 0.717) is 11.6 Å². The van der Waals surface area contributed by atoms with Gasteiger partial charge in [0.1, 0.15) is 5.15 Å². The standard InChI is InChI=1S/C8H7ClN2O.C2H6/c1-4-2-5-6(11-8(4)9)3-7(12)10-5;1-2/h2H,3H2,1H3,(H,10,12);1-2H3. The lowest BCUT2D eigenvalue weighted by Crippen LogP contribution is -2.03. The number of pyridine rings is 1. The molecule has 14 heavy (non-hydrogen) atoms. The molecule has 2 heterocycles. The molecule has 1 aromatic rings. The molecule has 0 fully saturated rings. The molecule has 3 nitrogen and oxygen atoms in total. The zero-order chi connectivity index (χ0) is 10.7. The van der Waals surface area contributed by atoms with E-state index in [1.54, 1.807) is 0 Å². The summed E-state index contributed by atoms with van der Waals surface area (Å²) in [5.41, 5.74) is 2.43. The van der Waals surface area contributed by atoms with Crippen molar-refractivity contribution in [2.24, 2.45) is 0 Å². The first kappa shape index (κ1) is 11.0. The Bertz CT molecular complexity index is 330. The number of fused-ring (bicyclic) bond motifs is 1. The Kier molecular flexibility index (Phi) is 3.47. The van der Waals surface area contributed by atoms with Crippen LogP contribution in [0, 0.1) is 6.92 Å². The molecule has 76 valence electrons. The molecule has 0 saturated heterocycles. The van der Waals surface area contributed by atoms with Crippen LogP contribution in [0.25, 0.3) is 0 Å². The first-order valence-corrected chi connectivity index (χ1v) is 5.00. The molecule has 1 amide bonds. The minimum absolute atomic E-state index is 0.0147. The number of rotatable bonds is 0. The van der Waals surface area contributed by atoms with E-state index in [2.05, 4.69) is 10.3 Å². The van der Waals surface area contributed by atoms with Crippen LogP contribution >= 0.6 is 11.6 Å². The Balaban J connectivity index is 0.000000461. The molecule has 2 rings (SSSR count). The predicted molar refractivity (Wildman–Crippen MR) is 57.7 cm³/mol. The largest absolute Gasteiger partial charge is 0.324 e. The van der Waals surface area contributed by atoms with Crippen molar-refractivity contribution in [2.75, 3.05) is 5.32 Å². The van der Waals surface area contributed by atoms with Crippen molar-refractivity contribution in [3.05, 3.63) is 22.5 Å². The summed E-state index contributed by atoms with van der Waals surface area (Å²) in [7, 11) is 0. The molecule has 0 aliphatic carbocycles. The van der Waals surface area contributed by atoms with Gasteiger partial charge in [0, 0.05) is 0 Å². The maximum Gasteiger partial charge on any atom is 0.230 e. The van der Waals surface area contributed by atoms with Crippen LogP contribution in [0.2, 0.25) is 5.15 Å². The lowest BCUT2D eigenvalue weighted by atomic mass is 10.2. The molecule has 1 aromatic heterocycles. The van der Waals surface area contributed by atoms with E-state index in [1.807, 2.05) is 26.8 Å². The van der Waals surface area contributed by atoms with Crippen LogP contribution in [0.3, 0.4) is 0 Å². The lowest BCUT2D eigenvalue weighted by molar-refractivity contribution is -0.115. The average molecular weight is 213 g/mol. The van der Waals surface area contributed by atoms with Crippen molar-refractivity contribution < 1.29 is 4.79 Å². The van der Waals surface area contributed by atoms with Gasteiger partial charge in [-0.05, 0) is 18.6 Å². The van der Waals surface area contributed by atoms with Crippen molar-refractivity contribution in [1.29, 1.82) is 0 Å². The van der Waals surface area contributed by atoms with Crippen LogP contribution in [0.1, 0.15) is 25.1 Å². The first-order valence-electron chi connectivity index (χ1n) is 4.62. The summed E-state index contributed by atoms with van der Waals surface area (Å²) < 4.78 is 0. The van der Waals surface area contributed by atoms with Crippen molar-refractivity contribution >= 4 is 23.2 Å². The fourth-order valence-corrected chi connectivity index (χ4v) is 1.37. The molecule has 0 saturated carbocycles. The van der Waals surface area contributed by atoms with Crippen molar-refractivity contribution in [2.45, 2.75) is 27.2 Å². The molecule has 0 unspecified atom stereocenters. The Morgan fingerprint density at radius 2 is 2.14 bits per heavy atom. The zero-order valence-electron chi connectivity index (χ0n) is 8.52. The van der Waals surface area contributed by atoms with Crippen molar-refractivity contribution in [1.82, 2.24) is 4.98 Å². The van der Waals surface area contributed by atoms with E-state index in [0.717, 1.165) is 16.9 Å². The SMILES string of the molecule is CC.Cc1cc2c(nc1Cl)CC(=O)N2. The van der Waals surface area contributed by atoms with Crippen LogP contribution < -0.4 is 5.32 Å². The molecule has 0 radical (unpaired) electrons. The number of nitrogens with one attached hydrogen (secondary N) is 1. The number of carbonyl (C=O) groups is 1. The van der Waals surface area contributed by atoms with E-state index in [-0.39, 0.29) is 5.91 Å². The zero-order valence-corrected chi connectivity index (χ0v) is 9.27. The number of carbonyl (C=O) groups excluding carboxylic acids is 1. The van der Waals surface area contributed by atoms with Crippen molar-refractivity contribution in [3.63, 3.8) is 0 Å². The summed E-state index contributed by atoms with van der Waals surface area (Å²) in [6.07, 6.45) is 0.343. The summed E-state index contributed by atoms with van der Waals surface area (Å²) in [5, 5.41) is 3.18. The first-order chi connectivity index (χ1) is 6.66. The van der Waals surface area contributed by atoms with Gasteiger partial charge in [-0.2, -0.15) is 0 Å². The van der Waals surface area contributed by atoms with Gasteiger partial charge in [-0.15, -0.1) is 0 Å². The van der Waals surface area contributed by atoms with Gasteiger partial charge in [-0.25, -0.2) is 4.98 Å². The third kappa shape index (κ3) is 2.04. The number of halogens is 1. The number of aromatic nitrogens is 1. The van der Waals surface area contributed by atoms with Gasteiger partial charge in [0.05, 0.1) is 17.8 Å². The van der Waals surface area contributed by atoms with Gasteiger partial charge in [-0.3, -0.25) is 4.79 Å². The van der Waals surface area contributed by atoms with Crippen LogP contribution in [0.15, 0.2) is 6.07 Å². The molecule has 0 atom stereocenters. The van der Waals surface area contributed by atoms with Crippen LogP contribution in [0.5, 0.6) is 0 Å². The molecular weight excluding hydrogens is 200 g/mol. The van der Waals surface area contributed by atoms with E-state index in [4.69, 9.17) is 11.6 Å². The van der Waals surface area contributed by atoms with E-state index >= 15 is 0 Å². The van der Waals surface area contributed by atoms with Crippen LogP contribution in [-0.4, -0.2) is 10.9 Å². The summed E-state index contributed by atoms with van der Waals surface area (Å²) in [4.78, 5) is 15.0. The third-order valence-corrected chi connectivity index (χ3v) is 2.21. The van der Waals surface area contributed by atoms with Gasteiger partial charge in [-0.1, -0.05) is 25.4 Å². The Morgan fingerprint density at radius 3 is 2.79 bits per heavy atom. The molecule has 0 spiro atoms. The highest BCUT2D eigenvalue weighted by atomic mass is 35.5. The van der Waals surface area contributed by atoms with Gasteiger partial charge in [0.15, 0.2) is 0 Å². The minimum atomic E-state index is -0.0147. The fraction of sp³-hybridized carbons (Fsp3) is 0.400. The monoisotopic (exact) mass is 212 g/mol. The quantitative estimate of drug-likeness (QED) is 0.672. The van der Waals surface area contributed by atoms with Gasteiger partial charge in [0.2, 0.25) is 5.91 Å². The fourth-order valence-electron chi connectivity index (χ4n) is 1.22. The smallest absolute Gasteiger partial charge is 0.230 e. The maximum atomic E-state index is 10.9. The average Bonchev–Trinajstić information content (AvgIpc) is 2.49. The van der Waals surface area contributed by atoms with Gasteiger partial charge >= 0.3 is 0 Å². The molecule has 1 aliphatic heterocycles. The number of anilines is 1. The Hall–Kier alpha value is -1.09. The van der Waals surface area contributed by atoms with Crippen LogP contribution in [-0.2, 0) is 11.2 Å². The summed E-state index contributed by atoms with van der Waals surface area (Å²) >= 11 is 5.79. The second-order valence-electron chi connectivity index (χ2n) is 2.82. The predicted octanol–water partition coefficient (Wildman–Crippen LogP) is 2.56.